The number of fused-ring (bicyclic) bond motifs is 3. The molecule has 1 fully saturated rings. The standard InChI is InChI=1S/C26H30N2O5/c1-26(24(31)28(2)15-13-23(29)30)14-7-12-22(26)27-25(32)33-16-21-19-10-5-3-8-17(19)18-9-4-6-11-20(18)21/h3-6,8-11,21-22H,7,12-16H2,1-2H3,(H,27,32)(H,29,30). The van der Waals surface area contributed by atoms with Crippen molar-refractivity contribution in [1.29, 1.82) is 0 Å². The Morgan fingerprint density at radius 3 is 2.30 bits per heavy atom. The molecule has 0 spiro atoms. The topological polar surface area (TPSA) is 95.9 Å². The number of hydrogen-bond acceptors (Lipinski definition) is 4. The summed E-state index contributed by atoms with van der Waals surface area (Å²) in [7, 11) is 1.61. The summed E-state index contributed by atoms with van der Waals surface area (Å²) in [5.41, 5.74) is 3.85. The van der Waals surface area contributed by atoms with E-state index in [1.807, 2.05) is 31.2 Å². The first-order valence-corrected chi connectivity index (χ1v) is 11.4. The molecule has 7 heteroatoms. The van der Waals surface area contributed by atoms with Crippen LogP contribution in [0.2, 0.25) is 0 Å². The zero-order valence-electron chi connectivity index (χ0n) is 19.0. The Morgan fingerprint density at radius 1 is 1.09 bits per heavy atom. The predicted octanol–water partition coefficient (Wildman–Crippen LogP) is 4.02. The first-order valence-electron chi connectivity index (χ1n) is 11.4. The first-order chi connectivity index (χ1) is 15.8. The van der Waals surface area contributed by atoms with E-state index in [0.29, 0.717) is 12.8 Å². The smallest absolute Gasteiger partial charge is 0.407 e. The number of carboxylic acid groups (broad SMARTS) is 1. The van der Waals surface area contributed by atoms with E-state index in [2.05, 4.69) is 29.6 Å². The Balaban J connectivity index is 1.40. The monoisotopic (exact) mass is 450 g/mol. The molecule has 2 amide bonds. The fourth-order valence-electron chi connectivity index (χ4n) is 5.24. The van der Waals surface area contributed by atoms with Gasteiger partial charge in [0.1, 0.15) is 6.61 Å². The number of carboxylic acids is 1. The van der Waals surface area contributed by atoms with E-state index in [9.17, 15) is 14.4 Å². The number of hydrogen-bond donors (Lipinski definition) is 2. The normalized spacial score (nSPS) is 21.2. The van der Waals surface area contributed by atoms with Gasteiger partial charge < -0.3 is 20.1 Å². The van der Waals surface area contributed by atoms with Gasteiger partial charge in [0.2, 0.25) is 5.91 Å². The Hall–Kier alpha value is -3.35. The Kier molecular flexibility index (Phi) is 6.40. The number of carbonyl (C=O) groups is 3. The maximum atomic E-state index is 13.1. The van der Waals surface area contributed by atoms with Crippen molar-refractivity contribution in [2.75, 3.05) is 20.2 Å². The summed E-state index contributed by atoms with van der Waals surface area (Å²) in [5.74, 6) is -1.12. The third-order valence-electron chi connectivity index (χ3n) is 7.09. The highest BCUT2D eigenvalue weighted by Crippen LogP contribution is 2.44. The predicted molar refractivity (Wildman–Crippen MR) is 124 cm³/mol. The lowest BCUT2D eigenvalue weighted by molar-refractivity contribution is -0.142. The molecule has 2 atom stereocenters. The summed E-state index contributed by atoms with van der Waals surface area (Å²) in [5, 5.41) is 11.8. The van der Waals surface area contributed by atoms with Gasteiger partial charge in [-0.25, -0.2) is 4.79 Å². The molecular formula is C26H30N2O5. The number of nitrogens with one attached hydrogen (secondary N) is 1. The molecule has 7 nitrogen and oxygen atoms in total. The van der Waals surface area contributed by atoms with E-state index in [1.165, 1.54) is 16.0 Å². The van der Waals surface area contributed by atoms with Crippen LogP contribution in [0, 0.1) is 5.41 Å². The third-order valence-corrected chi connectivity index (χ3v) is 7.09. The molecule has 0 aromatic heterocycles. The summed E-state index contributed by atoms with van der Waals surface area (Å²) in [4.78, 5) is 38.1. The maximum absolute atomic E-state index is 13.1. The second-order valence-electron chi connectivity index (χ2n) is 9.20. The van der Waals surface area contributed by atoms with Crippen molar-refractivity contribution in [2.24, 2.45) is 5.41 Å². The molecule has 0 radical (unpaired) electrons. The Morgan fingerprint density at radius 2 is 1.70 bits per heavy atom. The number of benzene rings is 2. The maximum Gasteiger partial charge on any atom is 0.407 e. The molecule has 2 unspecified atom stereocenters. The average Bonchev–Trinajstić information content (AvgIpc) is 3.34. The van der Waals surface area contributed by atoms with E-state index < -0.39 is 17.5 Å². The summed E-state index contributed by atoms with van der Waals surface area (Å²) in [6, 6.07) is 16.0. The quantitative estimate of drug-likeness (QED) is 0.664. The second kappa shape index (κ2) is 9.25. The molecule has 4 rings (SSSR count). The molecule has 2 aromatic carbocycles. The van der Waals surface area contributed by atoms with Crippen LogP contribution < -0.4 is 5.32 Å². The van der Waals surface area contributed by atoms with Crippen LogP contribution in [0.1, 0.15) is 49.7 Å². The summed E-state index contributed by atoms with van der Waals surface area (Å²) >= 11 is 0. The molecule has 2 aliphatic carbocycles. The average molecular weight is 451 g/mol. The molecule has 2 N–H and O–H groups in total. The minimum atomic E-state index is -0.945. The van der Waals surface area contributed by atoms with Crippen LogP contribution in [0.3, 0.4) is 0 Å². The van der Waals surface area contributed by atoms with Crippen molar-refractivity contribution in [1.82, 2.24) is 10.2 Å². The van der Waals surface area contributed by atoms with Gasteiger partial charge >= 0.3 is 12.1 Å². The molecule has 0 saturated heterocycles. The lowest BCUT2D eigenvalue weighted by atomic mass is 9.83. The number of amides is 2. The fourth-order valence-corrected chi connectivity index (χ4v) is 5.24. The zero-order valence-corrected chi connectivity index (χ0v) is 19.0. The van der Waals surface area contributed by atoms with E-state index >= 15 is 0 Å². The highest BCUT2D eigenvalue weighted by molar-refractivity contribution is 5.85. The molecule has 0 aliphatic heterocycles. The van der Waals surface area contributed by atoms with Crippen LogP contribution in [-0.2, 0) is 14.3 Å². The summed E-state index contributed by atoms with van der Waals surface area (Å²) in [6.07, 6.45) is 1.49. The highest BCUT2D eigenvalue weighted by atomic mass is 16.5. The van der Waals surface area contributed by atoms with Gasteiger partial charge in [0, 0.05) is 25.6 Å². The van der Waals surface area contributed by atoms with Crippen LogP contribution in [0.25, 0.3) is 11.1 Å². The molecule has 0 heterocycles. The molecule has 33 heavy (non-hydrogen) atoms. The molecule has 1 saturated carbocycles. The summed E-state index contributed by atoms with van der Waals surface area (Å²) < 4.78 is 5.66. The van der Waals surface area contributed by atoms with Crippen molar-refractivity contribution >= 4 is 18.0 Å². The van der Waals surface area contributed by atoms with Crippen LogP contribution in [-0.4, -0.2) is 54.2 Å². The van der Waals surface area contributed by atoms with Gasteiger partial charge in [-0.15, -0.1) is 0 Å². The molecule has 2 aliphatic rings. The third kappa shape index (κ3) is 4.45. The van der Waals surface area contributed by atoms with Gasteiger partial charge in [0.25, 0.3) is 0 Å². The van der Waals surface area contributed by atoms with Gasteiger partial charge in [0.05, 0.1) is 11.8 Å². The number of nitrogens with zero attached hydrogens (tertiary/aromatic N) is 1. The van der Waals surface area contributed by atoms with Crippen molar-refractivity contribution in [3.63, 3.8) is 0 Å². The van der Waals surface area contributed by atoms with E-state index in [0.717, 1.165) is 17.5 Å². The minimum absolute atomic E-state index is 0.0260. The lowest BCUT2D eigenvalue weighted by Gasteiger charge is -2.34. The van der Waals surface area contributed by atoms with Crippen LogP contribution in [0.5, 0.6) is 0 Å². The number of aliphatic carboxylic acids is 1. The zero-order chi connectivity index (χ0) is 23.6. The van der Waals surface area contributed by atoms with Crippen molar-refractivity contribution in [3.8, 4) is 11.1 Å². The molecule has 0 bridgehead atoms. The molecule has 2 aromatic rings. The van der Waals surface area contributed by atoms with Crippen LogP contribution in [0.4, 0.5) is 4.79 Å². The first kappa shape index (κ1) is 22.8. The number of ether oxygens (including phenoxy) is 1. The van der Waals surface area contributed by atoms with Gasteiger partial charge in [-0.3, -0.25) is 9.59 Å². The summed E-state index contributed by atoms with van der Waals surface area (Å²) in [6.45, 7) is 2.20. The van der Waals surface area contributed by atoms with E-state index in [4.69, 9.17) is 9.84 Å². The lowest BCUT2D eigenvalue weighted by Crippen LogP contribution is -2.52. The number of carbonyl (C=O) groups excluding carboxylic acids is 2. The number of rotatable bonds is 7. The van der Waals surface area contributed by atoms with Crippen LogP contribution >= 0.6 is 0 Å². The van der Waals surface area contributed by atoms with Gasteiger partial charge in [0.15, 0.2) is 0 Å². The Labute approximate surface area is 193 Å². The second-order valence-corrected chi connectivity index (χ2v) is 9.20. The van der Waals surface area contributed by atoms with Gasteiger partial charge in [-0.1, -0.05) is 55.0 Å². The molecule has 174 valence electrons. The SMILES string of the molecule is CN(CCC(=O)O)C(=O)C1(C)CCCC1NC(=O)OCC1c2ccccc2-c2ccccc21. The van der Waals surface area contributed by atoms with Gasteiger partial charge in [-0.05, 0) is 42.0 Å². The Bertz CT molecular complexity index is 1020. The van der Waals surface area contributed by atoms with Crippen molar-refractivity contribution < 1.29 is 24.2 Å². The largest absolute Gasteiger partial charge is 0.481 e. The minimum Gasteiger partial charge on any atom is -0.481 e. The van der Waals surface area contributed by atoms with Crippen LogP contribution in [0.15, 0.2) is 48.5 Å². The highest BCUT2D eigenvalue weighted by Gasteiger charge is 2.47. The molecular weight excluding hydrogens is 420 g/mol. The van der Waals surface area contributed by atoms with Crippen molar-refractivity contribution in [3.05, 3.63) is 59.7 Å². The van der Waals surface area contributed by atoms with E-state index in [-0.39, 0.29) is 37.4 Å². The number of alkyl carbamates (subject to hydrolysis) is 1. The van der Waals surface area contributed by atoms with Gasteiger partial charge in [-0.2, -0.15) is 0 Å². The fraction of sp³-hybridized carbons (Fsp3) is 0.423. The van der Waals surface area contributed by atoms with Crippen molar-refractivity contribution in [2.45, 2.75) is 44.6 Å². The van der Waals surface area contributed by atoms with E-state index in [1.54, 1.807) is 7.05 Å².